The lowest BCUT2D eigenvalue weighted by Crippen LogP contribution is -2.39. The topological polar surface area (TPSA) is 87.0 Å². The zero-order valence-corrected chi connectivity index (χ0v) is 15.1. The molecule has 2 aromatic carbocycles. The summed E-state index contributed by atoms with van der Waals surface area (Å²) < 4.78 is 5.87. The van der Waals surface area contributed by atoms with Crippen molar-refractivity contribution < 1.29 is 9.21 Å². The van der Waals surface area contributed by atoms with E-state index in [4.69, 9.17) is 4.42 Å². The minimum atomic E-state index is -0.291. The summed E-state index contributed by atoms with van der Waals surface area (Å²) in [6, 6.07) is 17.5. The van der Waals surface area contributed by atoms with E-state index in [0.717, 1.165) is 47.4 Å². The van der Waals surface area contributed by atoms with Crippen LogP contribution in [0.3, 0.4) is 0 Å². The number of nitrogens with zero attached hydrogens (tertiary/aromatic N) is 3. The average Bonchev–Trinajstić information content (AvgIpc) is 3.48. The first-order valence-electron chi connectivity index (χ1n) is 9.31. The second-order valence-corrected chi connectivity index (χ2v) is 6.85. The third kappa shape index (κ3) is 3.00. The maximum atomic E-state index is 12.9. The Morgan fingerprint density at radius 3 is 2.79 bits per heavy atom. The standard InChI is InChI=1S/C21H19N5O2/c27-20(23-15-9-7-14(8-10-15)16-11-12-22-25-16)18-5-3-13-26(18)21-24-17-4-1-2-6-19(17)28-21/h1-2,4,6-12,18H,3,5,13H2,(H,22,25)(H,23,27)/t18-/m1/s1. The van der Waals surface area contributed by atoms with Crippen molar-refractivity contribution in [1.29, 1.82) is 0 Å². The summed E-state index contributed by atoms with van der Waals surface area (Å²) in [6.45, 7) is 0.754. The number of hydrogen-bond donors (Lipinski definition) is 2. The van der Waals surface area contributed by atoms with Crippen molar-refractivity contribution in [1.82, 2.24) is 15.2 Å². The van der Waals surface area contributed by atoms with Gasteiger partial charge in [-0.25, -0.2) is 0 Å². The Labute approximate surface area is 161 Å². The molecule has 5 rings (SSSR count). The van der Waals surface area contributed by atoms with Crippen LogP contribution in [0, 0.1) is 0 Å². The van der Waals surface area contributed by atoms with E-state index in [-0.39, 0.29) is 11.9 Å². The van der Waals surface area contributed by atoms with Crippen molar-refractivity contribution >= 4 is 28.7 Å². The van der Waals surface area contributed by atoms with E-state index in [1.165, 1.54) is 0 Å². The molecule has 0 radical (unpaired) electrons. The van der Waals surface area contributed by atoms with Gasteiger partial charge in [-0.15, -0.1) is 0 Å². The molecule has 2 aromatic heterocycles. The number of benzene rings is 2. The zero-order valence-electron chi connectivity index (χ0n) is 15.1. The third-order valence-electron chi connectivity index (χ3n) is 5.05. The van der Waals surface area contributed by atoms with Gasteiger partial charge in [-0.1, -0.05) is 24.3 Å². The van der Waals surface area contributed by atoms with Crippen LogP contribution in [-0.4, -0.2) is 33.7 Å². The van der Waals surface area contributed by atoms with E-state index in [1.807, 2.05) is 59.5 Å². The van der Waals surface area contributed by atoms with Crippen molar-refractivity contribution in [2.45, 2.75) is 18.9 Å². The minimum Gasteiger partial charge on any atom is -0.423 e. The number of para-hydroxylation sites is 2. The number of aromatic nitrogens is 3. The highest BCUT2D eigenvalue weighted by molar-refractivity contribution is 5.97. The second kappa shape index (κ2) is 6.84. The number of H-pyrrole nitrogens is 1. The number of hydrogen-bond acceptors (Lipinski definition) is 5. The molecule has 140 valence electrons. The maximum absolute atomic E-state index is 12.9. The van der Waals surface area contributed by atoms with Gasteiger partial charge in [0.05, 0.1) is 5.69 Å². The molecule has 0 bridgehead atoms. The molecule has 4 aromatic rings. The van der Waals surface area contributed by atoms with E-state index in [2.05, 4.69) is 20.5 Å². The SMILES string of the molecule is O=C(Nc1ccc(-c2ccn[nH]2)cc1)[C@H]1CCCN1c1nc2ccccc2o1. The van der Waals surface area contributed by atoms with E-state index < -0.39 is 0 Å². The Morgan fingerprint density at radius 1 is 1.14 bits per heavy atom. The molecule has 0 aliphatic carbocycles. The number of carbonyl (C=O) groups excluding carboxylic acids is 1. The lowest BCUT2D eigenvalue weighted by molar-refractivity contribution is -0.117. The van der Waals surface area contributed by atoms with Crippen molar-refractivity contribution in [3.05, 3.63) is 60.8 Å². The summed E-state index contributed by atoms with van der Waals surface area (Å²) in [7, 11) is 0. The van der Waals surface area contributed by atoms with Gasteiger partial charge in [0.15, 0.2) is 5.58 Å². The summed E-state index contributed by atoms with van der Waals surface area (Å²) in [5.41, 5.74) is 4.26. The molecular formula is C21H19N5O2. The fraction of sp³-hybridized carbons (Fsp3) is 0.190. The van der Waals surface area contributed by atoms with Gasteiger partial charge >= 0.3 is 0 Å². The fourth-order valence-electron chi connectivity index (χ4n) is 3.63. The molecule has 1 amide bonds. The quantitative estimate of drug-likeness (QED) is 0.568. The molecule has 0 unspecified atom stereocenters. The van der Waals surface area contributed by atoms with Gasteiger partial charge in [-0.3, -0.25) is 9.89 Å². The van der Waals surface area contributed by atoms with Crippen LogP contribution in [0.1, 0.15) is 12.8 Å². The van der Waals surface area contributed by atoms with Crippen LogP contribution in [0.25, 0.3) is 22.4 Å². The van der Waals surface area contributed by atoms with Gasteiger partial charge in [-0.2, -0.15) is 10.1 Å². The van der Waals surface area contributed by atoms with Gasteiger partial charge in [0.1, 0.15) is 11.6 Å². The first kappa shape index (κ1) is 16.6. The van der Waals surface area contributed by atoms with Gasteiger partial charge in [0.2, 0.25) is 5.91 Å². The fourth-order valence-corrected chi connectivity index (χ4v) is 3.63. The van der Waals surface area contributed by atoms with Crippen LogP contribution < -0.4 is 10.2 Å². The Kier molecular flexibility index (Phi) is 4.05. The normalized spacial score (nSPS) is 16.6. The summed E-state index contributed by atoms with van der Waals surface area (Å²) >= 11 is 0. The molecule has 2 N–H and O–H groups in total. The molecule has 1 saturated heterocycles. The van der Waals surface area contributed by atoms with Crippen molar-refractivity contribution in [2.24, 2.45) is 0 Å². The highest BCUT2D eigenvalue weighted by atomic mass is 16.4. The maximum Gasteiger partial charge on any atom is 0.299 e. The van der Waals surface area contributed by atoms with Gasteiger partial charge in [-0.05, 0) is 48.7 Å². The molecule has 0 saturated carbocycles. The van der Waals surface area contributed by atoms with Crippen LogP contribution in [0.2, 0.25) is 0 Å². The number of rotatable bonds is 4. The summed E-state index contributed by atoms with van der Waals surface area (Å²) in [5.74, 6) is -0.0472. The van der Waals surface area contributed by atoms with Crippen molar-refractivity contribution in [3.8, 4) is 11.3 Å². The molecule has 1 fully saturated rings. The molecule has 7 heteroatoms. The Morgan fingerprint density at radius 2 is 2.00 bits per heavy atom. The lowest BCUT2D eigenvalue weighted by Gasteiger charge is -2.22. The van der Waals surface area contributed by atoms with Crippen LogP contribution in [0.4, 0.5) is 11.7 Å². The van der Waals surface area contributed by atoms with Crippen LogP contribution >= 0.6 is 0 Å². The van der Waals surface area contributed by atoms with Crippen molar-refractivity contribution in [3.63, 3.8) is 0 Å². The number of nitrogens with one attached hydrogen (secondary N) is 2. The van der Waals surface area contributed by atoms with Crippen molar-refractivity contribution in [2.75, 3.05) is 16.8 Å². The molecular weight excluding hydrogens is 354 g/mol. The smallest absolute Gasteiger partial charge is 0.299 e. The predicted molar refractivity (Wildman–Crippen MR) is 107 cm³/mol. The number of fused-ring (bicyclic) bond motifs is 1. The Balaban J connectivity index is 1.32. The minimum absolute atomic E-state index is 0.0472. The molecule has 1 aliphatic rings. The van der Waals surface area contributed by atoms with Crippen LogP contribution in [0.15, 0.2) is 65.2 Å². The largest absolute Gasteiger partial charge is 0.423 e. The molecule has 3 heterocycles. The summed E-state index contributed by atoms with van der Waals surface area (Å²) in [6.07, 6.45) is 3.41. The van der Waals surface area contributed by atoms with Crippen LogP contribution in [-0.2, 0) is 4.79 Å². The molecule has 28 heavy (non-hydrogen) atoms. The molecule has 1 atom stereocenters. The van der Waals surface area contributed by atoms with Gasteiger partial charge < -0.3 is 14.6 Å². The third-order valence-corrected chi connectivity index (χ3v) is 5.05. The van der Waals surface area contributed by atoms with Gasteiger partial charge in [0.25, 0.3) is 6.01 Å². The van der Waals surface area contributed by atoms with E-state index in [1.54, 1.807) is 6.20 Å². The second-order valence-electron chi connectivity index (χ2n) is 6.85. The van der Waals surface area contributed by atoms with E-state index >= 15 is 0 Å². The average molecular weight is 373 g/mol. The number of anilines is 2. The molecule has 0 spiro atoms. The number of aromatic amines is 1. The monoisotopic (exact) mass is 373 g/mol. The highest BCUT2D eigenvalue weighted by Crippen LogP contribution is 2.29. The Hall–Kier alpha value is -3.61. The molecule has 1 aliphatic heterocycles. The lowest BCUT2D eigenvalue weighted by atomic mass is 10.1. The number of amides is 1. The number of oxazole rings is 1. The Bertz CT molecular complexity index is 1070. The summed E-state index contributed by atoms with van der Waals surface area (Å²) in [4.78, 5) is 19.4. The molecule has 7 nitrogen and oxygen atoms in total. The first-order valence-corrected chi connectivity index (χ1v) is 9.31. The summed E-state index contributed by atoms with van der Waals surface area (Å²) in [5, 5.41) is 9.91. The van der Waals surface area contributed by atoms with Crippen LogP contribution in [0.5, 0.6) is 0 Å². The van der Waals surface area contributed by atoms with E-state index in [9.17, 15) is 4.79 Å². The zero-order chi connectivity index (χ0) is 18.9. The van der Waals surface area contributed by atoms with E-state index in [0.29, 0.717) is 6.01 Å². The first-order chi connectivity index (χ1) is 13.8. The number of carbonyl (C=O) groups is 1. The highest BCUT2D eigenvalue weighted by Gasteiger charge is 2.33. The van der Waals surface area contributed by atoms with Gasteiger partial charge in [0, 0.05) is 18.4 Å². The predicted octanol–water partition coefficient (Wildman–Crippen LogP) is 3.83.